The van der Waals surface area contributed by atoms with Crippen LogP contribution in [0.15, 0.2) is 24.3 Å². The normalized spacial score (nSPS) is 13.6. The quantitative estimate of drug-likeness (QED) is 0.0618. The van der Waals surface area contributed by atoms with Gasteiger partial charge in [-0.25, -0.2) is 4.79 Å². The average molecular weight is 555 g/mol. The van der Waals surface area contributed by atoms with Gasteiger partial charge in [-0.05, 0) is 38.5 Å². The van der Waals surface area contributed by atoms with Gasteiger partial charge in [-0.2, -0.15) is 0 Å². The molecular weight excluding hydrogens is 498 g/mol. The number of carbonyl (C=O) groups is 3. The van der Waals surface area contributed by atoms with Gasteiger partial charge in [-0.15, -0.1) is 0 Å². The number of carboxylic acids is 1. The number of carboxylic acid groups (broad SMARTS) is 1. The fraction of sp³-hybridized carbons (Fsp3) is 0.774. The predicted octanol–water partition coefficient (Wildman–Crippen LogP) is 6.23. The van der Waals surface area contributed by atoms with Crippen molar-refractivity contribution in [2.24, 2.45) is 0 Å². The van der Waals surface area contributed by atoms with Gasteiger partial charge in [0.1, 0.15) is 6.61 Å². The second-order valence-electron chi connectivity index (χ2n) is 11.0. The van der Waals surface area contributed by atoms with E-state index in [-0.39, 0.29) is 49.1 Å². The molecule has 0 heterocycles. The molecule has 8 nitrogen and oxygen atoms in total. The summed E-state index contributed by atoms with van der Waals surface area (Å²) in [5, 5.41) is 9.49. The molecule has 0 aromatic rings. The van der Waals surface area contributed by atoms with Crippen molar-refractivity contribution in [3.63, 3.8) is 0 Å². The number of hydrogen-bond acceptors (Lipinski definition) is 6. The van der Waals surface area contributed by atoms with E-state index in [4.69, 9.17) is 14.2 Å². The zero-order valence-electron chi connectivity index (χ0n) is 25.3. The van der Waals surface area contributed by atoms with E-state index in [0.29, 0.717) is 19.3 Å². The highest BCUT2D eigenvalue weighted by Gasteiger charge is 2.31. The van der Waals surface area contributed by atoms with Crippen molar-refractivity contribution in [3.05, 3.63) is 24.3 Å². The molecule has 0 radical (unpaired) electrons. The number of unbranched alkanes of at least 4 members (excludes halogenated alkanes) is 7. The van der Waals surface area contributed by atoms with Gasteiger partial charge in [-0.3, -0.25) is 9.59 Å². The maximum absolute atomic E-state index is 12.4. The summed E-state index contributed by atoms with van der Waals surface area (Å²) in [6, 6.07) is -0.618. The molecule has 0 rings (SSSR count). The second kappa shape index (κ2) is 23.7. The van der Waals surface area contributed by atoms with Crippen LogP contribution in [0.25, 0.3) is 0 Å². The Labute approximate surface area is 237 Å². The fourth-order valence-electron chi connectivity index (χ4n) is 3.95. The first-order valence-electron chi connectivity index (χ1n) is 14.9. The number of likely N-dealkylation sites (N-methyl/N-ethyl adjacent to an activating group) is 1. The van der Waals surface area contributed by atoms with Crippen LogP contribution in [0.2, 0.25) is 0 Å². The molecule has 0 aliphatic heterocycles. The van der Waals surface area contributed by atoms with Crippen molar-refractivity contribution in [2.75, 3.05) is 41.0 Å². The van der Waals surface area contributed by atoms with Gasteiger partial charge in [0.15, 0.2) is 12.1 Å². The van der Waals surface area contributed by atoms with Gasteiger partial charge in [-0.1, -0.05) is 70.3 Å². The van der Waals surface area contributed by atoms with Crippen LogP contribution < -0.4 is 0 Å². The van der Waals surface area contributed by atoms with Crippen molar-refractivity contribution < 1.29 is 38.2 Å². The largest absolute Gasteiger partial charge is 0.477 e. The summed E-state index contributed by atoms with van der Waals surface area (Å²) in [6.45, 7) is 4.49. The molecule has 0 aliphatic carbocycles. The lowest BCUT2D eigenvalue weighted by atomic mass is 10.1. The maximum Gasteiger partial charge on any atom is 0.362 e. The molecule has 0 aromatic carbocycles. The van der Waals surface area contributed by atoms with E-state index in [1.807, 2.05) is 33.3 Å². The molecule has 0 saturated heterocycles. The highest BCUT2D eigenvalue weighted by molar-refractivity contribution is 5.72. The van der Waals surface area contributed by atoms with E-state index in [1.54, 1.807) is 0 Å². The molecule has 0 aliphatic rings. The summed E-state index contributed by atoms with van der Waals surface area (Å²) >= 11 is 0. The standard InChI is InChI=1S/C31H55NO7/c1-6-8-10-12-14-16-18-20-22-30(34)39-27(25-37-24-23-28(31(35)36)32(3,4)5)26-38-29(33)21-19-17-15-13-11-9-7-2/h15-18,27-28H,6-14,19-26H2,1-5H3/p+1/b17-15+,18-16+. The smallest absolute Gasteiger partial charge is 0.362 e. The van der Waals surface area contributed by atoms with Crippen molar-refractivity contribution in [2.45, 2.75) is 116 Å². The average Bonchev–Trinajstić information content (AvgIpc) is 2.86. The first kappa shape index (κ1) is 36.8. The van der Waals surface area contributed by atoms with Crippen LogP contribution in [0.3, 0.4) is 0 Å². The first-order chi connectivity index (χ1) is 18.6. The minimum atomic E-state index is -0.888. The summed E-state index contributed by atoms with van der Waals surface area (Å²) in [5.41, 5.74) is 0. The molecule has 0 aromatic heterocycles. The van der Waals surface area contributed by atoms with Gasteiger partial charge in [0.2, 0.25) is 0 Å². The minimum absolute atomic E-state index is 0.0348. The van der Waals surface area contributed by atoms with Crippen LogP contribution in [0.5, 0.6) is 0 Å². The summed E-state index contributed by atoms with van der Waals surface area (Å²) in [4.78, 5) is 36.2. The Morgan fingerprint density at radius 2 is 1.28 bits per heavy atom. The van der Waals surface area contributed by atoms with Gasteiger partial charge >= 0.3 is 17.9 Å². The number of rotatable bonds is 25. The number of aliphatic carboxylic acids is 1. The minimum Gasteiger partial charge on any atom is -0.477 e. The Hall–Kier alpha value is -2.19. The molecule has 226 valence electrons. The monoisotopic (exact) mass is 554 g/mol. The summed E-state index contributed by atoms with van der Waals surface area (Å²) in [6.07, 6.45) is 19.9. The summed E-state index contributed by atoms with van der Waals surface area (Å²) in [7, 11) is 5.47. The molecule has 0 amide bonds. The van der Waals surface area contributed by atoms with E-state index in [1.165, 1.54) is 32.1 Å². The fourth-order valence-corrected chi connectivity index (χ4v) is 3.95. The molecule has 2 unspecified atom stereocenters. The predicted molar refractivity (Wildman–Crippen MR) is 155 cm³/mol. The van der Waals surface area contributed by atoms with Crippen LogP contribution in [0.4, 0.5) is 0 Å². The van der Waals surface area contributed by atoms with Crippen LogP contribution in [-0.2, 0) is 28.6 Å². The zero-order valence-corrected chi connectivity index (χ0v) is 25.3. The SMILES string of the molecule is CCCCC/C=C/CCC(=O)OCC(COCCC(C(=O)O)[N+](C)(C)C)OC(=O)CC/C=C/CCCCCC. The number of nitrogens with zero attached hydrogens (tertiary/aromatic N) is 1. The van der Waals surface area contributed by atoms with E-state index in [9.17, 15) is 19.5 Å². The molecule has 0 saturated carbocycles. The van der Waals surface area contributed by atoms with Crippen LogP contribution in [0, 0.1) is 0 Å². The van der Waals surface area contributed by atoms with Crippen molar-refractivity contribution in [1.29, 1.82) is 0 Å². The van der Waals surface area contributed by atoms with Gasteiger partial charge < -0.3 is 23.8 Å². The highest BCUT2D eigenvalue weighted by Crippen LogP contribution is 2.10. The lowest BCUT2D eigenvalue weighted by Crippen LogP contribution is -2.50. The number of hydrogen-bond donors (Lipinski definition) is 1. The molecule has 8 heteroatoms. The number of allylic oxidation sites excluding steroid dienone is 4. The topological polar surface area (TPSA) is 99.1 Å². The Kier molecular flexibility index (Phi) is 22.3. The third-order valence-corrected chi connectivity index (χ3v) is 6.35. The van der Waals surface area contributed by atoms with Gasteiger partial charge in [0, 0.05) is 19.3 Å². The first-order valence-corrected chi connectivity index (χ1v) is 14.9. The highest BCUT2D eigenvalue weighted by atomic mass is 16.6. The third kappa shape index (κ3) is 22.3. The lowest BCUT2D eigenvalue weighted by Gasteiger charge is -2.31. The summed E-state index contributed by atoms with van der Waals surface area (Å²) in [5.74, 6) is -1.61. The van der Waals surface area contributed by atoms with E-state index in [0.717, 1.165) is 25.7 Å². The molecule has 1 N–H and O–H groups in total. The van der Waals surface area contributed by atoms with Gasteiger partial charge in [0.25, 0.3) is 0 Å². The molecule has 0 spiro atoms. The van der Waals surface area contributed by atoms with Gasteiger partial charge in [0.05, 0.1) is 34.4 Å². The van der Waals surface area contributed by atoms with Crippen molar-refractivity contribution in [3.8, 4) is 0 Å². The maximum atomic E-state index is 12.4. The van der Waals surface area contributed by atoms with Crippen LogP contribution in [0.1, 0.15) is 104 Å². The number of carbonyl (C=O) groups excluding carboxylic acids is 2. The zero-order chi connectivity index (χ0) is 29.4. The van der Waals surface area contributed by atoms with Crippen LogP contribution >= 0.6 is 0 Å². The number of ether oxygens (including phenoxy) is 3. The Morgan fingerprint density at radius 3 is 1.85 bits per heavy atom. The summed E-state index contributed by atoms with van der Waals surface area (Å²) < 4.78 is 16.9. The molecular formula is C31H56NO7+. The molecule has 2 atom stereocenters. The van der Waals surface area contributed by atoms with Crippen LogP contribution in [-0.4, -0.2) is 80.6 Å². The second-order valence-corrected chi connectivity index (χ2v) is 11.0. The molecule has 39 heavy (non-hydrogen) atoms. The number of quaternary nitrogens is 1. The molecule has 0 fully saturated rings. The van der Waals surface area contributed by atoms with E-state index < -0.39 is 18.1 Å². The lowest BCUT2D eigenvalue weighted by molar-refractivity contribution is -0.887. The Bertz CT molecular complexity index is 712. The van der Waals surface area contributed by atoms with Crippen molar-refractivity contribution >= 4 is 17.9 Å². The van der Waals surface area contributed by atoms with Crippen molar-refractivity contribution in [1.82, 2.24) is 0 Å². The number of esters is 2. The Balaban J connectivity index is 4.66. The van der Waals surface area contributed by atoms with E-state index in [2.05, 4.69) is 26.0 Å². The van der Waals surface area contributed by atoms with E-state index >= 15 is 0 Å². The third-order valence-electron chi connectivity index (χ3n) is 6.35. The molecule has 0 bridgehead atoms. The Morgan fingerprint density at radius 1 is 0.744 bits per heavy atom.